The largest absolute Gasteiger partial charge is 0.328 e. The maximum absolute atomic E-state index is 4.93. The molecule has 0 spiro atoms. The van der Waals surface area contributed by atoms with Gasteiger partial charge in [0.05, 0.1) is 11.0 Å². The van der Waals surface area contributed by atoms with Crippen LogP contribution in [0.4, 0.5) is 0 Å². The Morgan fingerprint density at radius 3 is 2.46 bits per heavy atom. The maximum atomic E-state index is 4.93. The number of hydrogen-bond acceptors (Lipinski definition) is 1. The van der Waals surface area contributed by atoms with Crippen molar-refractivity contribution >= 4 is 11.0 Å². The van der Waals surface area contributed by atoms with Gasteiger partial charge in [0.1, 0.15) is 5.82 Å². The Hall–Kier alpha value is -2.09. The average molecular weight is 318 g/mol. The van der Waals surface area contributed by atoms with Crippen molar-refractivity contribution in [2.24, 2.45) is 5.92 Å². The highest BCUT2D eigenvalue weighted by Crippen LogP contribution is 2.28. The average Bonchev–Trinajstić information content (AvgIpc) is 2.99. The van der Waals surface area contributed by atoms with Gasteiger partial charge < -0.3 is 4.57 Å². The van der Waals surface area contributed by atoms with Crippen molar-refractivity contribution in [3.05, 3.63) is 66.0 Å². The minimum absolute atomic E-state index is 0.907. The fourth-order valence-electron chi connectivity index (χ4n) is 4.08. The van der Waals surface area contributed by atoms with E-state index in [-0.39, 0.29) is 0 Å². The Labute approximate surface area is 144 Å². The third kappa shape index (κ3) is 3.38. The summed E-state index contributed by atoms with van der Waals surface area (Å²) in [6.07, 6.45) is 9.33. The smallest absolute Gasteiger partial charge is 0.114 e. The first kappa shape index (κ1) is 15.4. The van der Waals surface area contributed by atoms with Crippen molar-refractivity contribution in [2.75, 3.05) is 0 Å². The summed E-state index contributed by atoms with van der Waals surface area (Å²) < 4.78 is 2.47. The Bertz CT molecular complexity index is 782. The number of aryl methyl sites for hydroxylation is 1. The standard InChI is InChI=1S/C22H26N2/c1-3-9-18(10-4-1)15-16-24-21-14-8-7-13-20(21)23-22(24)17-19-11-5-2-6-12-19/h2,5-8,11-14,18H,1,3-4,9-10,15-17H2. The summed E-state index contributed by atoms with van der Waals surface area (Å²) in [5.74, 6) is 2.11. The van der Waals surface area contributed by atoms with Gasteiger partial charge in [-0.1, -0.05) is 74.6 Å². The van der Waals surface area contributed by atoms with E-state index in [0.717, 1.165) is 24.4 Å². The van der Waals surface area contributed by atoms with Gasteiger partial charge in [0, 0.05) is 13.0 Å². The van der Waals surface area contributed by atoms with Crippen LogP contribution < -0.4 is 0 Å². The molecule has 4 rings (SSSR count). The molecule has 0 amide bonds. The zero-order valence-corrected chi connectivity index (χ0v) is 14.3. The second-order valence-corrected chi connectivity index (χ2v) is 7.12. The normalized spacial score (nSPS) is 15.8. The van der Waals surface area contributed by atoms with E-state index in [1.165, 1.54) is 55.4 Å². The van der Waals surface area contributed by atoms with Gasteiger partial charge in [-0.15, -0.1) is 0 Å². The molecule has 1 heterocycles. The predicted octanol–water partition coefficient (Wildman–Crippen LogP) is 5.60. The molecule has 0 saturated heterocycles. The number of benzene rings is 2. The zero-order valence-electron chi connectivity index (χ0n) is 14.3. The topological polar surface area (TPSA) is 17.8 Å². The van der Waals surface area contributed by atoms with Crippen molar-refractivity contribution in [2.45, 2.75) is 51.5 Å². The quantitative estimate of drug-likeness (QED) is 0.599. The molecule has 1 aliphatic carbocycles. The van der Waals surface area contributed by atoms with Gasteiger partial charge in [-0.3, -0.25) is 0 Å². The molecule has 124 valence electrons. The minimum Gasteiger partial charge on any atom is -0.328 e. The molecule has 2 aromatic carbocycles. The van der Waals surface area contributed by atoms with Gasteiger partial charge in [-0.2, -0.15) is 0 Å². The lowest BCUT2D eigenvalue weighted by Gasteiger charge is -2.22. The molecule has 2 nitrogen and oxygen atoms in total. The number of hydrogen-bond donors (Lipinski definition) is 0. The second kappa shape index (κ2) is 7.21. The molecule has 0 N–H and O–H groups in total. The summed E-state index contributed by atoms with van der Waals surface area (Å²) >= 11 is 0. The zero-order chi connectivity index (χ0) is 16.2. The molecule has 0 aliphatic heterocycles. The molecule has 1 aromatic heterocycles. The van der Waals surface area contributed by atoms with Gasteiger partial charge in [-0.25, -0.2) is 4.98 Å². The highest BCUT2D eigenvalue weighted by atomic mass is 15.1. The first-order chi connectivity index (χ1) is 11.9. The van der Waals surface area contributed by atoms with Gasteiger partial charge in [0.25, 0.3) is 0 Å². The SMILES string of the molecule is c1ccc(Cc2nc3ccccc3n2CCC2CCCCC2)cc1. The first-order valence-corrected chi connectivity index (χ1v) is 9.38. The molecular weight excluding hydrogens is 292 g/mol. The predicted molar refractivity (Wildman–Crippen MR) is 100 cm³/mol. The van der Waals surface area contributed by atoms with Gasteiger partial charge >= 0.3 is 0 Å². The van der Waals surface area contributed by atoms with E-state index in [1.807, 2.05) is 0 Å². The van der Waals surface area contributed by atoms with E-state index >= 15 is 0 Å². The number of para-hydroxylation sites is 2. The van der Waals surface area contributed by atoms with Crippen LogP contribution >= 0.6 is 0 Å². The third-order valence-electron chi connectivity index (χ3n) is 5.42. The molecule has 0 bridgehead atoms. The van der Waals surface area contributed by atoms with Crippen molar-refractivity contribution in [3.63, 3.8) is 0 Å². The van der Waals surface area contributed by atoms with Crippen LogP contribution in [0.3, 0.4) is 0 Å². The van der Waals surface area contributed by atoms with Crippen LogP contribution in [0.1, 0.15) is 49.9 Å². The molecule has 0 unspecified atom stereocenters. The fourth-order valence-corrected chi connectivity index (χ4v) is 4.08. The fraction of sp³-hybridized carbons (Fsp3) is 0.409. The second-order valence-electron chi connectivity index (χ2n) is 7.12. The summed E-state index contributed by atoms with van der Waals surface area (Å²) in [4.78, 5) is 4.93. The van der Waals surface area contributed by atoms with Crippen molar-refractivity contribution < 1.29 is 0 Å². The summed E-state index contributed by atoms with van der Waals surface area (Å²) in [6.45, 7) is 1.10. The molecule has 1 aliphatic rings. The monoisotopic (exact) mass is 318 g/mol. The third-order valence-corrected chi connectivity index (χ3v) is 5.42. The van der Waals surface area contributed by atoms with Crippen LogP contribution in [0.5, 0.6) is 0 Å². The number of fused-ring (bicyclic) bond motifs is 1. The Morgan fingerprint density at radius 1 is 0.875 bits per heavy atom. The molecule has 2 heteroatoms. The van der Waals surface area contributed by atoms with E-state index in [2.05, 4.69) is 59.2 Å². The highest BCUT2D eigenvalue weighted by Gasteiger charge is 2.16. The Morgan fingerprint density at radius 2 is 1.62 bits per heavy atom. The molecular formula is C22H26N2. The molecule has 1 saturated carbocycles. The molecule has 1 fully saturated rings. The van der Waals surface area contributed by atoms with Crippen molar-refractivity contribution in [1.29, 1.82) is 0 Å². The van der Waals surface area contributed by atoms with Crippen LogP contribution in [0.25, 0.3) is 11.0 Å². The summed E-state index contributed by atoms with van der Waals surface area (Å²) in [7, 11) is 0. The first-order valence-electron chi connectivity index (χ1n) is 9.38. The Kier molecular flexibility index (Phi) is 4.64. The van der Waals surface area contributed by atoms with E-state index < -0.39 is 0 Å². The lowest BCUT2D eigenvalue weighted by molar-refractivity contribution is 0.324. The molecule has 24 heavy (non-hydrogen) atoms. The Balaban J connectivity index is 1.60. The summed E-state index contributed by atoms with van der Waals surface area (Å²) in [6, 6.07) is 19.3. The molecule has 3 aromatic rings. The number of imidazole rings is 1. The summed E-state index contributed by atoms with van der Waals surface area (Å²) in [5, 5.41) is 0. The lowest BCUT2D eigenvalue weighted by Crippen LogP contribution is -2.12. The van der Waals surface area contributed by atoms with Gasteiger partial charge in [0.2, 0.25) is 0 Å². The molecule has 0 atom stereocenters. The lowest BCUT2D eigenvalue weighted by atomic mass is 9.87. The number of rotatable bonds is 5. The minimum atomic E-state index is 0.907. The van der Waals surface area contributed by atoms with E-state index in [0.29, 0.717) is 0 Å². The van der Waals surface area contributed by atoms with E-state index in [9.17, 15) is 0 Å². The van der Waals surface area contributed by atoms with Crippen LogP contribution in [-0.2, 0) is 13.0 Å². The van der Waals surface area contributed by atoms with Crippen LogP contribution in [0.15, 0.2) is 54.6 Å². The summed E-state index contributed by atoms with van der Waals surface area (Å²) in [5.41, 5.74) is 3.76. The molecule has 0 radical (unpaired) electrons. The van der Waals surface area contributed by atoms with E-state index in [4.69, 9.17) is 4.98 Å². The van der Waals surface area contributed by atoms with Crippen LogP contribution in [-0.4, -0.2) is 9.55 Å². The number of nitrogens with zero attached hydrogens (tertiary/aromatic N) is 2. The van der Waals surface area contributed by atoms with E-state index in [1.54, 1.807) is 0 Å². The van der Waals surface area contributed by atoms with Crippen LogP contribution in [0, 0.1) is 5.92 Å². The maximum Gasteiger partial charge on any atom is 0.114 e. The van der Waals surface area contributed by atoms with Crippen LogP contribution in [0.2, 0.25) is 0 Å². The highest BCUT2D eigenvalue weighted by molar-refractivity contribution is 5.76. The van der Waals surface area contributed by atoms with Crippen molar-refractivity contribution in [3.8, 4) is 0 Å². The van der Waals surface area contributed by atoms with Gasteiger partial charge in [-0.05, 0) is 30.0 Å². The van der Waals surface area contributed by atoms with Crippen molar-refractivity contribution in [1.82, 2.24) is 9.55 Å². The number of aromatic nitrogens is 2. The van der Waals surface area contributed by atoms with Gasteiger partial charge in [0.15, 0.2) is 0 Å².